The fourth-order valence-corrected chi connectivity index (χ4v) is 6.31. The molecule has 1 unspecified atom stereocenters. The molecule has 9 heteroatoms. The summed E-state index contributed by atoms with van der Waals surface area (Å²) in [6, 6.07) is 32.5. The van der Waals surface area contributed by atoms with Crippen LogP contribution in [0, 0.1) is 20.8 Å². The van der Waals surface area contributed by atoms with E-state index < -0.39 is 0 Å². The molecule has 0 aliphatic carbocycles. The third-order valence-corrected chi connectivity index (χ3v) is 9.54. The van der Waals surface area contributed by atoms with E-state index in [0.29, 0.717) is 43.9 Å². The van der Waals surface area contributed by atoms with Gasteiger partial charge in [0, 0.05) is 50.8 Å². The standard InChI is InChI=1S/C45H49N3O5.ClH/c1-32-6-15-41(16-7-32)51-30-35(4)39-13-8-36(9-14-39)29-47-22-24-48(25-23-47)44(49)21-12-38-26-33(2)45(34(3)27-38)53-43-20-19-42(28-46-43)52-31-37-10-17-40(50-5)18-11-37;/h6-21,26-28,35H,22-25,29-31H2,1-5H3;1H. The lowest BCUT2D eigenvalue weighted by Crippen LogP contribution is -2.47. The zero-order valence-electron chi connectivity index (χ0n) is 31.8. The van der Waals surface area contributed by atoms with Crippen molar-refractivity contribution in [3.63, 3.8) is 0 Å². The zero-order chi connectivity index (χ0) is 37.2. The van der Waals surface area contributed by atoms with E-state index in [4.69, 9.17) is 18.9 Å². The van der Waals surface area contributed by atoms with Gasteiger partial charge < -0.3 is 23.8 Å². The molecule has 0 spiro atoms. The predicted molar refractivity (Wildman–Crippen MR) is 217 cm³/mol. The summed E-state index contributed by atoms with van der Waals surface area (Å²) in [4.78, 5) is 21.9. The van der Waals surface area contributed by atoms with E-state index in [2.05, 4.69) is 60.1 Å². The highest BCUT2D eigenvalue weighted by molar-refractivity contribution is 5.92. The van der Waals surface area contributed by atoms with E-state index in [-0.39, 0.29) is 18.3 Å². The zero-order valence-corrected chi connectivity index (χ0v) is 32.6. The molecule has 1 amide bonds. The minimum Gasteiger partial charge on any atom is -0.497 e. The molecule has 282 valence electrons. The Hall–Kier alpha value is -5.31. The van der Waals surface area contributed by atoms with Crippen molar-refractivity contribution in [1.82, 2.24) is 14.8 Å². The number of rotatable bonds is 14. The summed E-state index contributed by atoms with van der Waals surface area (Å²) in [7, 11) is 1.65. The molecule has 0 radical (unpaired) electrons. The van der Waals surface area contributed by atoms with Crippen LogP contribution in [0.4, 0.5) is 0 Å². The highest BCUT2D eigenvalue weighted by Crippen LogP contribution is 2.30. The number of aryl methyl sites for hydroxylation is 3. The molecule has 1 aliphatic rings. The maximum absolute atomic E-state index is 13.1. The Balaban J connectivity index is 0.00000561. The average Bonchev–Trinajstić information content (AvgIpc) is 3.18. The number of halogens is 1. The van der Waals surface area contributed by atoms with Crippen LogP contribution in [-0.4, -0.2) is 60.6 Å². The van der Waals surface area contributed by atoms with Gasteiger partial charge in [0.2, 0.25) is 11.8 Å². The molecule has 6 rings (SSSR count). The van der Waals surface area contributed by atoms with Crippen LogP contribution in [0.5, 0.6) is 28.9 Å². The molecule has 8 nitrogen and oxygen atoms in total. The smallest absolute Gasteiger partial charge is 0.246 e. The number of carbonyl (C=O) groups is 1. The van der Waals surface area contributed by atoms with Crippen molar-refractivity contribution in [3.8, 4) is 28.9 Å². The van der Waals surface area contributed by atoms with Gasteiger partial charge in [-0.25, -0.2) is 4.98 Å². The largest absolute Gasteiger partial charge is 0.497 e. The van der Waals surface area contributed by atoms with Gasteiger partial charge >= 0.3 is 0 Å². The van der Waals surface area contributed by atoms with Crippen molar-refractivity contribution >= 4 is 24.4 Å². The SMILES string of the molecule is COc1ccc(COc2ccc(Oc3c(C)cc(C=CC(=O)N4CCN(Cc5ccc(C(C)COc6ccc(C)cc6)cc5)CC4)cc3C)nc2)cc1.Cl. The van der Waals surface area contributed by atoms with Gasteiger partial charge in [0.1, 0.15) is 29.6 Å². The molecule has 1 saturated heterocycles. The quantitative estimate of drug-likeness (QED) is 0.105. The number of nitrogens with zero attached hydrogens (tertiary/aromatic N) is 3. The lowest BCUT2D eigenvalue weighted by Gasteiger charge is -2.34. The Morgan fingerprint density at radius 1 is 0.778 bits per heavy atom. The highest BCUT2D eigenvalue weighted by atomic mass is 35.5. The molecule has 54 heavy (non-hydrogen) atoms. The first-order valence-electron chi connectivity index (χ1n) is 18.2. The molecule has 0 N–H and O–H groups in total. The molecule has 5 aromatic rings. The number of carbonyl (C=O) groups excluding carboxylic acids is 1. The molecular formula is C45H50ClN3O5. The summed E-state index contributed by atoms with van der Waals surface area (Å²) in [5, 5.41) is 0. The van der Waals surface area contributed by atoms with Gasteiger partial charge in [-0.1, -0.05) is 61.0 Å². The molecular weight excluding hydrogens is 698 g/mol. The summed E-state index contributed by atoms with van der Waals surface area (Å²) in [5.74, 6) is 3.94. The van der Waals surface area contributed by atoms with Crippen LogP contribution in [0.2, 0.25) is 0 Å². The number of hydrogen-bond acceptors (Lipinski definition) is 7. The van der Waals surface area contributed by atoms with Crippen LogP contribution in [0.15, 0.2) is 109 Å². The Bertz CT molecular complexity index is 1950. The second-order valence-electron chi connectivity index (χ2n) is 13.8. The Kier molecular flexibility index (Phi) is 14.1. The predicted octanol–water partition coefficient (Wildman–Crippen LogP) is 9.35. The molecule has 0 bridgehead atoms. The molecule has 1 aliphatic heterocycles. The number of benzene rings is 4. The second-order valence-corrected chi connectivity index (χ2v) is 13.8. The van der Waals surface area contributed by atoms with Gasteiger partial charge in [0.25, 0.3) is 0 Å². The van der Waals surface area contributed by atoms with Crippen molar-refractivity contribution in [1.29, 1.82) is 0 Å². The summed E-state index contributed by atoms with van der Waals surface area (Å²) >= 11 is 0. The lowest BCUT2D eigenvalue weighted by molar-refractivity contribution is -0.127. The van der Waals surface area contributed by atoms with Crippen molar-refractivity contribution in [2.75, 3.05) is 39.9 Å². The van der Waals surface area contributed by atoms with Gasteiger partial charge in [0.15, 0.2) is 0 Å². The van der Waals surface area contributed by atoms with Crippen LogP contribution in [0.25, 0.3) is 6.08 Å². The first-order chi connectivity index (χ1) is 25.7. The van der Waals surface area contributed by atoms with E-state index in [1.807, 2.05) is 79.4 Å². The van der Waals surface area contributed by atoms with Gasteiger partial charge in [0.05, 0.1) is 19.9 Å². The van der Waals surface area contributed by atoms with Crippen LogP contribution in [0.1, 0.15) is 51.8 Å². The van der Waals surface area contributed by atoms with Crippen molar-refractivity contribution in [2.45, 2.75) is 46.8 Å². The maximum atomic E-state index is 13.1. The topological polar surface area (TPSA) is 73.4 Å². The molecule has 4 aromatic carbocycles. The number of pyridine rings is 1. The third kappa shape index (κ3) is 11.1. The summed E-state index contributed by atoms with van der Waals surface area (Å²) < 4.78 is 23.3. The van der Waals surface area contributed by atoms with Crippen LogP contribution < -0.4 is 18.9 Å². The summed E-state index contributed by atoms with van der Waals surface area (Å²) in [6.07, 6.45) is 5.23. The minimum absolute atomic E-state index is 0. The highest BCUT2D eigenvalue weighted by Gasteiger charge is 2.20. The number of methoxy groups -OCH3 is 1. The van der Waals surface area contributed by atoms with Crippen molar-refractivity contribution < 1.29 is 23.7 Å². The minimum atomic E-state index is 0. The fraction of sp³-hybridized carbons (Fsp3) is 0.289. The number of aromatic nitrogens is 1. The molecule has 1 atom stereocenters. The van der Waals surface area contributed by atoms with E-state index >= 15 is 0 Å². The van der Waals surface area contributed by atoms with Gasteiger partial charge in [-0.2, -0.15) is 0 Å². The first kappa shape index (κ1) is 39.9. The maximum Gasteiger partial charge on any atom is 0.246 e. The van der Waals surface area contributed by atoms with Crippen LogP contribution in [-0.2, 0) is 17.9 Å². The first-order valence-corrected chi connectivity index (χ1v) is 18.2. The van der Waals surface area contributed by atoms with E-state index in [0.717, 1.165) is 59.1 Å². The second kappa shape index (κ2) is 19.1. The van der Waals surface area contributed by atoms with Crippen LogP contribution in [0.3, 0.4) is 0 Å². The average molecular weight is 748 g/mol. The van der Waals surface area contributed by atoms with Gasteiger partial charge in [-0.15, -0.1) is 12.4 Å². The van der Waals surface area contributed by atoms with E-state index in [1.165, 1.54) is 16.7 Å². The molecule has 1 aromatic heterocycles. The third-order valence-electron chi connectivity index (χ3n) is 9.54. The van der Waals surface area contributed by atoms with Gasteiger partial charge in [-0.05, 0) is 103 Å². The number of piperazine rings is 1. The van der Waals surface area contributed by atoms with E-state index in [9.17, 15) is 4.79 Å². The number of ether oxygens (including phenoxy) is 4. The monoisotopic (exact) mass is 747 g/mol. The van der Waals surface area contributed by atoms with Crippen molar-refractivity contribution in [2.24, 2.45) is 0 Å². The van der Waals surface area contributed by atoms with E-state index in [1.54, 1.807) is 25.4 Å². The van der Waals surface area contributed by atoms with Gasteiger partial charge in [-0.3, -0.25) is 9.69 Å². The fourth-order valence-electron chi connectivity index (χ4n) is 6.31. The number of hydrogen-bond donors (Lipinski definition) is 0. The normalized spacial score (nSPS) is 13.6. The summed E-state index contributed by atoms with van der Waals surface area (Å²) in [6.45, 7) is 13.3. The van der Waals surface area contributed by atoms with Crippen LogP contribution >= 0.6 is 12.4 Å². The molecule has 0 saturated carbocycles. The Morgan fingerprint density at radius 3 is 2.04 bits per heavy atom. The lowest BCUT2D eigenvalue weighted by atomic mass is 10.0. The molecule has 2 heterocycles. The number of amides is 1. The van der Waals surface area contributed by atoms with Crippen molar-refractivity contribution in [3.05, 3.63) is 148 Å². The Morgan fingerprint density at radius 2 is 1.41 bits per heavy atom. The molecule has 1 fully saturated rings. The summed E-state index contributed by atoms with van der Waals surface area (Å²) in [5.41, 5.74) is 7.69. The Labute approximate surface area is 325 Å².